The molecular weight excluding hydrogens is 466 g/mol. The van der Waals surface area contributed by atoms with E-state index < -0.39 is 35.9 Å². The van der Waals surface area contributed by atoms with Crippen LogP contribution in [0.5, 0.6) is 0 Å². The van der Waals surface area contributed by atoms with Crippen LogP contribution >= 0.6 is 0 Å². The van der Waals surface area contributed by atoms with E-state index in [4.69, 9.17) is 17.2 Å². The zero-order valence-corrected chi connectivity index (χ0v) is 19.6. The summed E-state index contributed by atoms with van der Waals surface area (Å²) in [7, 11) is 0. The predicted octanol–water partition coefficient (Wildman–Crippen LogP) is -0.889. The number of rotatable bonds is 13. The highest BCUT2D eigenvalue weighted by Gasteiger charge is 2.29. The lowest BCUT2D eigenvalue weighted by molar-refractivity contribution is -0.142. The average Bonchev–Trinajstić information content (AvgIpc) is 3.50. The number of carbonyl (C=O) groups excluding carboxylic acids is 2. The van der Waals surface area contributed by atoms with Crippen molar-refractivity contribution in [2.75, 3.05) is 6.54 Å². The Labute approximate surface area is 206 Å². The fraction of sp³-hybridized carbons (Fsp3) is 0.348. The Morgan fingerprint density at radius 1 is 1.06 bits per heavy atom. The standard InChI is InChI=1S/C23H31N9O4/c24-16(9-14-11-27-12-30-14)20(33)32-19(8-13-10-29-17-5-2-1-4-15(13)17)21(34)31-18(22(35)36)6-3-7-28-23(25)26/h1-2,4-5,10-12,16,18-19,29H,3,6-9,24H2,(H,27,30)(H,31,34)(H,32,33)(H,35,36)(H4,25,26,28). The number of hydrogen-bond acceptors (Lipinski definition) is 6. The first-order valence-electron chi connectivity index (χ1n) is 11.4. The summed E-state index contributed by atoms with van der Waals surface area (Å²) >= 11 is 0. The Hall–Kier alpha value is -4.39. The number of carbonyl (C=O) groups is 3. The third-order valence-corrected chi connectivity index (χ3v) is 5.62. The van der Waals surface area contributed by atoms with Crippen molar-refractivity contribution in [3.63, 3.8) is 0 Å². The lowest BCUT2D eigenvalue weighted by Crippen LogP contribution is -2.55. The van der Waals surface area contributed by atoms with Crippen LogP contribution in [0.15, 0.2) is 48.0 Å². The highest BCUT2D eigenvalue weighted by atomic mass is 16.4. The van der Waals surface area contributed by atoms with E-state index in [1.54, 1.807) is 12.4 Å². The molecule has 3 rings (SSSR count). The highest BCUT2D eigenvalue weighted by molar-refractivity contribution is 5.93. The molecule has 13 nitrogen and oxygen atoms in total. The molecule has 0 fully saturated rings. The highest BCUT2D eigenvalue weighted by Crippen LogP contribution is 2.19. The summed E-state index contributed by atoms with van der Waals surface area (Å²) in [6, 6.07) is 4.33. The molecule has 0 aliphatic heterocycles. The van der Waals surface area contributed by atoms with Crippen LogP contribution < -0.4 is 27.8 Å². The molecule has 2 aromatic heterocycles. The number of nitrogens with two attached hydrogens (primary N) is 3. The Bertz CT molecular complexity index is 1200. The van der Waals surface area contributed by atoms with Gasteiger partial charge in [-0.1, -0.05) is 18.2 Å². The topological polar surface area (TPSA) is 230 Å². The van der Waals surface area contributed by atoms with E-state index >= 15 is 0 Å². The van der Waals surface area contributed by atoms with Gasteiger partial charge in [0.2, 0.25) is 11.8 Å². The largest absolute Gasteiger partial charge is 0.480 e. The van der Waals surface area contributed by atoms with Crippen LogP contribution in [-0.4, -0.2) is 68.5 Å². The molecule has 3 aromatic rings. The second-order valence-electron chi connectivity index (χ2n) is 8.36. The molecule has 0 aliphatic rings. The number of benzene rings is 1. The quantitative estimate of drug-likeness (QED) is 0.0836. The van der Waals surface area contributed by atoms with Crippen LogP contribution in [0.1, 0.15) is 24.1 Å². The van der Waals surface area contributed by atoms with Gasteiger partial charge in [0.1, 0.15) is 12.1 Å². The number of guanidine groups is 1. The van der Waals surface area contributed by atoms with E-state index in [0.29, 0.717) is 12.1 Å². The lowest BCUT2D eigenvalue weighted by Gasteiger charge is -2.23. The monoisotopic (exact) mass is 497 g/mol. The van der Waals surface area contributed by atoms with Crippen molar-refractivity contribution in [3.8, 4) is 0 Å². The number of hydrogen-bond donors (Lipinski definition) is 8. The maximum Gasteiger partial charge on any atom is 0.326 e. The van der Waals surface area contributed by atoms with Crippen LogP contribution in [-0.2, 0) is 27.2 Å². The minimum absolute atomic E-state index is 0.0983. The van der Waals surface area contributed by atoms with Crippen LogP contribution in [0.4, 0.5) is 0 Å². The SMILES string of the molecule is NC(N)=NCCCC(NC(=O)C(Cc1c[nH]c2ccccc12)NC(=O)C(N)Cc1cnc[nH]1)C(=O)O. The number of carboxylic acid groups (broad SMARTS) is 1. The minimum atomic E-state index is -1.21. The van der Waals surface area contributed by atoms with Gasteiger partial charge in [-0.15, -0.1) is 0 Å². The van der Waals surface area contributed by atoms with E-state index in [-0.39, 0.29) is 31.8 Å². The van der Waals surface area contributed by atoms with Crippen molar-refractivity contribution in [1.29, 1.82) is 0 Å². The van der Waals surface area contributed by atoms with Crippen LogP contribution in [0.2, 0.25) is 0 Å². The Balaban J connectivity index is 1.74. The lowest BCUT2D eigenvalue weighted by atomic mass is 10.0. The van der Waals surface area contributed by atoms with Crippen molar-refractivity contribution >= 4 is 34.6 Å². The molecular formula is C23H31N9O4. The molecule has 36 heavy (non-hydrogen) atoms. The molecule has 0 aliphatic carbocycles. The number of nitrogens with zero attached hydrogens (tertiary/aromatic N) is 2. The number of para-hydroxylation sites is 1. The summed E-state index contributed by atoms with van der Waals surface area (Å²) in [5, 5.41) is 15.7. The van der Waals surface area contributed by atoms with Crippen molar-refractivity contribution < 1.29 is 19.5 Å². The molecule has 0 saturated heterocycles. The van der Waals surface area contributed by atoms with Gasteiger partial charge < -0.3 is 42.9 Å². The molecule has 3 unspecified atom stereocenters. The maximum absolute atomic E-state index is 13.2. The minimum Gasteiger partial charge on any atom is -0.480 e. The number of imidazole rings is 1. The Morgan fingerprint density at radius 2 is 1.81 bits per heavy atom. The summed E-state index contributed by atoms with van der Waals surface area (Å²) in [5.41, 5.74) is 19.0. The van der Waals surface area contributed by atoms with Gasteiger partial charge in [0.05, 0.1) is 12.4 Å². The number of H-pyrrole nitrogens is 2. The van der Waals surface area contributed by atoms with Crippen LogP contribution in [0, 0.1) is 0 Å². The number of aromatic nitrogens is 3. The molecule has 13 heteroatoms. The summed E-state index contributed by atoms with van der Waals surface area (Å²) in [4.78, 5) is 51.6. The molecule has 1 aromatic carbocycles. The summed E-state index contributed by atoms with van der Waals surface area (Å²) < 4.78 is 0. The second-order valence-corrected chi connectivity index (χ2v) is 8.36. The normalized spacial score (nSPS) is 13.5. The molecule has 3 atom stereocenters. The van der Waals surface area contributed by atoms with E-state index in [1.165, 1.54) is 6.33 Å². The first-order chi connectivity index (χ1) is 17.2. The van der Waals surface area contributed by atoms with E-state index in [1.807, 2.05) is 24.3 Å². The van der Waals surface area contributed by atoms with Crippen LogP contribution in [0.25, 0.3) is 10.9 Å². The zero-order chi connectivity index (χ0) is 26.1. The zero-order valence-electron chi connectivity index (χ0n) is 19.6. The second kappa shape index (κ2) is 12.4. The van der Waals surface area contributed by atoms with Gasteiger partial charge in [-0.05, 0) is 24.5 Å². The van der Waals surface area contributed by atoms with Gasteiger partial charge >= 0.3 is 5.97 Å². The average molecular weight is 498 g/mol. The van der Waals surface area contributed by atoms with Gasteiger partial charge in [0.25, 0.3) is 0 Å². The van der Waals surface area contributed by atoms with Gasteiger partial charge in [0, 0.05) is 48.4 Å². The number of fused-ring (bicyclic) bond motifs is 1. The fourth-order valence-electron chi connectivity index (χ4n) is 3.77. The van der Waals surface area contributed by atoms with Gasteiger partial charge in [-0.3, -0.25) is 14.6 Å². The number of aliphatic imine (C=N–C) groups is 1. The fourth-order valence-corrected chi connectivity index (χ4v) is 3.77. The number of aromatic amines is 2. The third kappa shape index (κ3) is 7.30. The van der Waals surface area contributed by atoms with Crippen molar-refractivity contribution in [2.24, 2.45) is 22.2 Å². The molecule has 2 amide bonds. The van der Waals surface area contributed by atoms with E-state index in [2.05, 4.69) is 30.6 Å². The molecule has 11 N–H and O–H groups in total. The van der Waals surface area contributed by atoms with Gasteiger partial charge in [0.15, 0.2) is 5.96 Å². The summed E-state index contributed by atoms with van der Waals surface area (Å²) in [6.45, 7) is 0.222. The first kappa shape index (κ1) is 26.2. The molecule has 0 radical (unpaired) electrons. The molecule has 2 heterocycles. The molecule has 192 valence electrons. The van der Waals surface area contributed by atoms with E-state index in [9.17, 15) is 19.5 Å². The number of aliphatic carboxylic acids is 1. The summed E-state index contributed by atoms with van der Waals surface area (Å²) in [5.74, 6) is -2.50. The first-order valence-corrected chi connectivity index (χ1v) is 11.4. The van der Waals surface area contributed by atoms with E-state index in [0.717, 1.165) is 16.5 Å². The van der Waals surface area contributed by atoms with Crippen molar-refractivity contribution in [1.82, 2.24) is 25.6 Å². The van der Waals surface area contributed by atoms with Crippen LogP contribution in [0.3, 0.4) is 0 Å². The Morgan fingerprint density at radius 3 is 2.50 bits per heavy atom. The van der Waals surface area contributed by atoms with Gasteiger partial charge in [-0.2, -0.15) is 0 Å². The molecule has 0 bridgehead atoms. The number of nitrogens with one attached hydrogen (secondary N) is 4. The smallest absolute Gasteiger partial charge is 0.326 e. The maximum atomic E-state index is 13.2. The number of carboxylic acids is 1. The molecule has 0 saturated carbocycles. The molecule has 0 spiro atoms. The van der Waals surface area contributed by atoms with Gasteiger partial charge in [-0.25, -0.2) is 9.78 Å². The number of amides is 2. The predicted molar refractivity (Wildman–Crippen MR) is 134 cm³/mol. The Kier molecular flexibility index (Phi) is 9.00. The summed E-state index contributed by atoms with van der Waals surface area (Å²) in [6.07, 6.45) is 5.55. The van der Waals surface area contributed by atoms with Crippen molar-refractivity contribution in [2.45, 2.75) is 43.8 Å². The third-order valence-electron chi connectivity index (χ3n) is 5.62. The van der Waals surface area contributed by atoms with Crippen molar-refractivity contribution in [3.05, 3.63) is 54.2 Å².